The highest BCUT2D eigenvalue weighted by atomic mass is 14.9. The summed E-state index contributed by atoms with van der Waals surface area (Å²) >= 11 is 0. The molecule has 2 aromatic carbocycles. The fraction of sp³-hybridized carbons (Fsp3) is 0.474. The Kier molecular flexibility index (Phi) is 3.70. The highest BCUT2D eigenvalue weighted by molar-refractivity contribution is 6.32. The molecule has 0 radical (unpaired) electrons. The Balaban J connectivity index is 1.29. The van der Waals surface area contributed by atoms with Crippen LogP contribution in [-0.4, -0.2) is 14.4 Å². The van der Waals surface area contributed by atoms with Gasteiger partial charge in [-0.3, -0.25) is 9.97 Å². The molecule has 41 heavy (non-hydrogen) atoms. The minimum atomic E-state index is 0.664. The smallest absolute Gasteiger partial charge is 0.0728 e. The summed E-state index contributed by atoms with van der Waals surface area (Å²) in [5.74, 6) is 6.31. The number of rotatable bonds is 0. The normalized spacial score (nSPS) is 34.8. The van der Waals surface area contributed by atoms with E-state index in [1.165, 1.54) is 119 Å². The first-order valence-electron chi connectivity index (χ1n) is 16.7. The summed E-state index contributed by atoms with van der Waals surface area (Å²) in [5.41, 5.74) is 10.4. The molecule has 8 aliphatic carbocycles. The maximum Gasteiger partial charge on any atom is 0.0728 e. The first kappa shape index (κ1) is 21.5. The van der Waals surface area contributed by atoms with Crippen molar-refractivity contribution in [2.75, 3.05) is 0 Å². The van der Waals surface area contributed by atoms with E-state index in [4.69, 9.17) is 9.97 Å². The maximum absolute atomic E-state index is 5.42. The van der Waals surface area contributed by atoms with E-state index >= 15 is 0 Å². The highest BCUT2D eigenvalue weighted by Crippen LogP contribution is 2.60. The molecule has 0 N–H and O–H groups in total. The van der Waals surface area contributed by atoms with E-state index in [1.807, 2.05) is 0 Å². The van der Waals surface area contributed by atoms with Crippen LogP contribution in [0.4, 0.5) is 0 Å². The maximum atomic E-state index is 5.42. The predicted octanol–water partition coefficient (Wildman–Crippen LogP) is 9.56. The Morgan fingerprint density at radius 1 is 0.537 bits per heavy atom. The van der Waals surface area contributed by atoms with Gasteiger partial charge in [0.25, 0.3) is 0 Å². The Morgan fingerprint density at radius 3 is 1.71 bits per heavy atom. The second kappa shape index (κ2) is 7.05. The summed E-state index contributed by atoms with van der Waals surface area (Å²) in [6.45, 7) is 0. The molecule has 202 valence electrons. The van der Waals surface area contributed by atoms with Crippen molar-refractivity contribution in [3.8, 4) is 0 Å². The van der Waals surface area contributed by atoms with Crippen LogP contribution in [0.15, 0.2) is 42.7 Å². The molecule has 4 saturated carbocycles. The van der Waals surface area contributed by atoms with Crippen molar-refractivity contribution < 1.29 is 0 Å². The van der Waals surface area contributed by atoms with E-state index in [1.54, 1.807) is 16.5 Å². The molecule has 3 heteroatoms. The molecule has 0 spiro atoms. The third-order valence-corrected chi connectivity index (χ3v) is 13.4. The first-order chi connectivity index (χ1) is 20.3. The van der Waals surface area contributed by atoms with Crippen molar-refractivity contribution in [3.63, 3.8) is 0 Å². The van der Waals surface area contributed by atoms with Gasteiger partial charge in [-0.1, -0.05) is 24.3 Å². The number of benzene rings is 2. The van der Waals surface area contributed by atoms with E-state index in [2.05, 4.69) is 47.1 Å². The van der Waals surface area contributed by atoms with Crippen LogP contribution >= 0.6 is 0 Å². The Bertz CT molecular complexity index is 2110. The van der Waals surface area contributed by atoms with Gasteiger partial charge in [-0.05, 0) is 128 Å². The molecular weight excluding hydrogens is 498 g/mol. The largest absolute Gasteiger partial charge is 0.305 e. The van der Waals surface area contributed by atoms with Crippen LogP contribution in [0.5, 0.6) is 0 Å². The highest BCUT2D eigenvalue weighted by Gasteiger charge is 2.46. The van der Waals surface area contributed by atoms with E-state index < -0.39 is 0 Å². The lowest BCUT2D eigenvalue weighted by atomic mass is 9.67. The molecule has 6 aromatic rings. The third-order valence-electron chi connectivity index (χ3n) is 13.4. The lowest BCUT2D eigenvalue weighted by molar-refractivity contribution is 0.165. The summed E-state index contributed by atoms with van der Waals surface area (Å²) in [6, 6.07) is 11.8. The molecule has 4 aromatic heterocycles. The number of aromatic nitrogens is 3. The first-order valence-corrected chi connectivity index (χ1v) is 16.7. The van der Waals surface area contributed by atoms with Crippen LogP contribution in [0.3, 0.4) is 0 Å². The summed E-state index contributed by atoms with van der Waals surface area (Å²) in [7, 11) is 0. The van der Waals surface area contributed by atoms with Gasteiger partial charge in [0, 0.05) is 44.8 Å². The Hall–Kier alpha value is -3.20. The van der Waals surface area contributed by atoms with Gasteiger partial charge in [-0.25, -0.2) is 0 Å². The van der Waals surface area contributed by atoms with Gasteiger partial charge >= 0.3 is 0 Å². The van der Waals surface area contributed by atoms with Gasteiger partial charge in [-0.15, -0.1) is 0 Å². The van der Waals surface area contributed by atoms with E-state index in [0.29, 0.717) is 23.7 Å². The number of hydrogen-bond donors (Lipinski definition) is 0. The van der Waals surface area contributed by atoms with Crippen LogP contribution in [0.1, 0.15) is 110 Å². The number of nitrogens with zero attached hydrogens (tertiary/aromatic N) is 3. The van der Waals surface area contributed by atoms with Gasteiger partial charge in [0.1, 0.15) is 0 Å². The molecule has 4 unspecified atom stereocenters. The second-order valence-corrected chi connectivity index (χ2v) is 15.4. The topological polar surface area (TPSA) is 30.2 Å². The average molecular weight is 534 g/mol. The van der Waals surface area contributed by atoms with Crippen LogP contribution in [-0.2, 0) is 0 Å². The molecule has 0 amide bonds. The Labute approximate surface area is 239 Å². The second-order valence-electron chi connectivity index (χ2n) is 15.4. The van der Waals surface area contributed by atoms with Gasteiger partial charge in [-0.2, -0.15) is 0 Å². The van der Waals surface area contributed by atoms with Gasteiger partial charge in [0.2, 0.25) is 0 Å². The van der Waals surface area contributed by atoms with Crippen molar-refractivity contribution >= 4 is 48.9 Å². The fourth-order valence-corrected chi connectivity index (χ4v) is 12.4. The van der Waals surface area contributed by atoms with Crippen molar-refractivity contribution in [2.45, 2.75) is 87.9 Å². The van der Waals surface area contributed by atoms with E-state index in [9.17, 15) is 0 Å². The molecule has 8 aliphatic rings. The van der Waals surface area contributed by atoms with Gasteiger partial charge in [0.05, 0.1) is 28.9 Å². The van der Waals surface area contributed by atoms with Crippen molar-refractivity contribution in [2.24, 2.45) is 23.7 Å². The fourth-order valence-electron chi connectivity index (χ4n) is 12.4. The number of fused-ring (bicyclic) bond motifs is 8. The van der Waals surface area contributed by atoms with E-state index in [0.717, 1.165) is 23.7 Å². The zero-order valence-electron chi connectivity index (χ0n) is 23.6. The SMILES string of the molecule is c1ccc2c(c1)cc1c3c4c(ncc3n3c5cnc6c(c5c2c13)C1CC2CC(CC6C2)C1)C1CC2CC(C1)CC4C2. The van der Waals surface area contributed by atoms with Crippen LogP contribution in [0.25, 0.3) is 48.9 Å². The van der Waals surface area contributed by atoms with Crippen molar-refractivity contribution in [1.29, 1.82) is 0 Å². The lowest BCUT2D eigenvalue weighted by Gasteiger charge is -2.38. The summed E-state index contributed by atoms with van der Waals surface area (Å²) in [5, 5.41) is 8.91. The molecule has 0 saturated heterocycles. The van der Waals surface area contributed by atoms with Crippen LogP contribution in [0, 0.1) is 23.7 Å². The minimum absolute atomic E-state index is 0.664. The molecule has 4 atom stereocenters. The average Bonchev–Trinajstić information content (AvgIpc) is 3.36. The summed E-state index contributed by atoms with van der Waals surface area (Å²) in [4.78, 5) is 10.8. The van der Waals surface area contributed by atoms with Crippen LogP contribution in [0.2, 0.25) is 0 Å². The van der Waals surface area contributed by atoms with Gasteiger partial charge < -0.3 is 4.40 Å². The molecule has 4 fully saturated rings. The van der Waals surface area contributed by atoms with E-state index in [-0.39, 0.29) is 0 Å². The zero-order valence-corrected chi connectivity index (χ0v) is 23.6. The third kappa shape index (κ3) is 2.49. The molecule has 14 rings (SSSR count). The number of pyridine rings is 2. The minimum Gasteiger partial charge on any atom is -0.305 e. The lowest BCUT2D eigenvalue weighted by Crippen LogP contribution is -2.25. The zero-order chi connectivity index (χ0) is 26.1. The molecule has 4 heterocycles. The summed E-state index contributed by atoms with van der Waals surface area (Å²) in [6.07, 6.45) is 18.5. The van der Waals surface area contributed by atoms with Crippen molar-refractivity contribution in [1.82, 2.24) is 14.4 Å². The molecule has 0 aliphatic heterocycles. The molecule has 3 nitrogen and oxygen atoms in total. The predicted molar refractivity (Wildman–Crippen MR) is 165 cm³/mol. The molecular formula is C38H35N3. The standard InChI is InChI=1S/C38H35N3/c1-2-4-27-22(3-1)15-28-33-29(16-39-36-25-11-18-5-19(12-25)8-23(7-18)31(33)36)41-30-17-40-37-26-13-20-6-21(14-26)10-24(9-20)32(37)35(30)34(27)38(28)41/h1-4,15-21,23-26H,5-14H2. The van der Waals surface area contributed by atoms with Crippen LogP contribution < -0.4 is 0 Å². The summed E-state index contributed by atoms with van der Waals surface area (Å²) < 4.78 is 2.63. The van der Waals surface area contributed by atoms with Crippen molar-refractivity contribution in [3.05, 3.63) is 65.2 Å². The monoisotopic (exact) mass is 533 g/mol. The van der Waals surface area contributed by atoms with Gasteiger partial charge in [0.15, 0.2) is 0 Å². The number of hydrogen-bond acceptors (Lipinski definition) is 2. The Morgan fingerprint density at radius 2 is 1.07 bits per heavy atom. The molecule has 8 bridgehead atoms. The quantitative estimate of drug-likeness (QED) is 0.195.